The van der Waals surface area contributed by atoms with Gasteiger partial charge < -0.3 is 14.7 Å². The van der Waals surface area contributed by atoms with Crippen LogP contribution in [0.15, 0.2) is 30.5 Å². The van der Waals surface area contributed by atoms with Crippen LogP contribution in [0.3, 0.4) is 0 Å². The Morgan fingerprint density at radius 3 is 1.92 bits per heavy atom. The molecule has 6 nitrogen and oxygen atoms in total. The molecule has 2 aromatic rings. The van der Waals surface area contributed by atoms with E-state index < -0.39 is 0 Å². The molecule has 2 fully saturated rings. The third-order valence-corrected chi connectivity index (χ3v) is 4.96. The molecule has 0 unspecified atom stereocenters. The van der Waals surface area contributed by atoms with Gasteiger partial charge in [-0.1, -0.05) is 0 Å². The Kier molecular flexibility index (Phi) is 4.63. The first-order valence-electron chi connectivity index (χ1n) is 9.00. The number of piperazine rings is 1. The standard InChI is InChI=1S/C18H23FN6/c19-15-5-4-8-20-18(15)25-13-11-24(12-14-25)17-7-6-16(21-22-17)23-9-2-1-3-10-23/h4-8H,1-3,9-14H2. The van der Waals surface area contributed by atoms with Gasteiger partial charge >= 0.3 is 0 Å². The quantitative estimate of drug-likeness (QED) is 0.853. The molecule has 0 spiro atoms. The van der Waals surface area contributed by atoms with E-state index in [2.05, 4.69) is 31.0 Å². The number of anilines is 3. The van der Waals surface area contributed by atoms with E-state index in [1.54, 1.807) is 12.3 Å². The molecule has 0 bridgehead atoms. The Hall–Kier alpha value is -2.44. The summed E-state index contributed by atoms with van der Waals surface area (Å²) in [6, 6.07) is 7.19. The van der Waals surface area contributed by atoms with Crippen LogP contribution in [0.5, 0.6) is 0 Å². The molecule has 0 N–H and O–H groups in total. The van der Waals surface area contributed by atoms with Crippen LogP contribution in [0.4, 0.5) is 21.8 Å². The number of rotatable bonds is 3. The van der Waals surface area contributed by atoms with Crippen molar-refractivity contribution in [1.82, 2.24) is 15.2 Å². The van der Waals surface area contributed by atoms with E-state index in [9.17, 15) is 4.39 Å². The molecule has 25 heavy (non-hydrogen) atoms. The molecule has 0 amide bonds. The molecule has 132 valence electrons. The molecule has 0 atom stereocenters. The van der Waals surface area contributed by atoms with Crippen LogP contribution in [-0.2, 0) is 0 Å². The largest absolute Gasteiger partial charge is 0.355 e. The number of piperidine rings is 1. The van der Waals surface area contributed by atoms with Crippen LogP contribution in [-0.4, -0.2) is 54.4 Å². The van der Waals surface area contributed by atoms with Gasteiger partial charge in [0.25, 0.3) is 0 Å². The number of nitrogens with zero attached hydrogens (tertiary/aromatic N) is 6. The Bertz CT molecular complexity index is 693. The highest BCUT2D eigenvalue weighted by atomic mass is 19.1. The average Bonchev–Trinajstić information content (AvgIpc) is 2.69. The van der Waals surface area contributed by atoms with Crippen molar-refractivity contribution < 1.29 is 4.39 Å². The second-order valence-corrected chi connectivity index (χ2v) is 6.58. The first-order chi connectivity index (χ1) is 12.3. The van der Waals surface area contributed by atoms with Gasteiger partial charge in [-0.3, -0.25) is 0 Å². The van der Waals surface area contributed by atoms with Crippen LogP contribution in [0, 0.1) is 5.82 Å². The van der Waals surface area contributed by atoms with E-state index >= 15 is 0 Å². The predicted octanol–water partition coefficient (Wildman–Crippen LogP) is 2.33. The predicted molar refractivity (Wildman–Crippen MR) is 96.7 cm³/mol. The van der Waals surface area contributed by atoms with Crippen LogP contribution < -0.4 is 14.7 Å². The molecule has 0 aromatic carbocycles. The number of halogens is 1. The van der Waals surface area contributed by atoms with Gasteiger partial charge in [0.1, 0.15) is 0 Å². The van der Waals surface area contributed by atoms with Gasteiger partial charge in [0.05, 0.1) is 0 Å². The first kappa shape index (κ1) is 16.1. The summed E-state index contributed by atoms with van der Waals surface area (Å²) in [6.07, 6.45) is 5.41. The summed E-state index contributed by atoms with van der Waals surface area (Å²) >= 11 is 0. The molecule has 0 radical (unpaired) electrons. The fraction of sp³-hybridized carbons (Fsp3) is 0.500. The molecule has 0 aliphatic carbocycles. The van der Waals surface area contributed by atoms with Gasteiger partial charge in [-0.05, 0) is 43.5 Å². The maximum Gasteiger partial charge on any atom is 0.165 e. The molecule has 2 aliphatic heterocycles. The Morgan fingerprint density at radius 1 is 0.720 bits per heavy atom. The summed E-state index contributed by atoms with van der Waals surface area (Å²) < 4.78 is 13.9. The topological polar surface area (TPSA) is 48.4 Å². The zero-order chi connectivity index (χ0) is 17.1. The van der Waals surface area contributed by atoms with Crippen LogP contribution in [0.25, 0.3) is 0 Å². The van der Waals surface area contributed by atoms with Crippen molar-refractivity contribution in [2.75, 3.05) is 54.0 Å². The monoisotopic (exact) mass is 342 g/mol. The molecular weight excluding hydrogens is 319 g/mol. The molecule has 2 saturated heterocycles. The lowest BCUT2D eigenvalue weighted by atomic mass is 10.1. The van der Waals surface area contributed by atoms with Gasteiger partial charge in [-0.15, -0.1) is 10.2 Å². The lowest BCUT2D eigenvalue weighted by molar-refractivity contribution is 0.569. The summed E-state index contributed by atoms with van der Waals surface area (Å²) in [6.45, 7) is 5.17. The van der Waals surface area contributed by atoms with Gasteiger partial charge in [-0.2, -0.15) is 0 Å². The number of hydrogen-bond donors (Lipinski definition) is 0. The highest BCUT2D eigenvalue weighted by molar-refractivity contribution is 5.48. The summed E-state index contributed by atoms with van der Waals surface area (Å²) in [5.41, 5.74) is 0. The van der Waals surface area contributed by atoms with Crippen molar-refractivity contribution in [1.29, 1.82) is 0 Å². The third-order valence-electron chi connectivity index (χ3n) is 4.96. The smallest absolute Gasteiger partial charge is 0.165 e. The highest BCUT2D eigenvalue weighted by Gasteiger charge is 2.21. The summed E-state index contributed by atoms with van der Waals surface area (Å²) in [5.74, 6) is 2.04. The van der Waals surface area contributed by atoms with Crippen molar-refractivity contribution in [3.05, 3.63) is 36.3 Å². The second-order valence-electron chi connectivity index (χ2n) is 6.58. The Labute approximate surface area is 147 Å². The SMILES string of the molecule is Fc1cccnc1N1CCN(c2ccc(N3CCCCC3)nn2)CC1. The van der Waals surface area contributed by atoms with Gasteiger partial charge in [-0.25, -0.2) is 9.37 Å². The van der Waals surface area contributed by atoms with Crippen molar-refractivity contribution in [3.63, 3.8) is 0 Å². The van der Waals surface area contributed by atoms with E-state index in [4.69, 9.17) is 0 Å². The number of aromatic nitrogens is 3. The molecule has 4 rings (SSSR count). The van der Waals surface area contributed by atoms with Crippen LogP contribution in [0.2, 0.25) is 0 Å². The lowest BCUT2D eigenvalue weighted by Gasteiger charge is -2.36. The fourth-order valence-electron chi connectivity index (χ4n) is 3.54. The van der Waals surface area contributed by atoms with E-state index in [0.29, 0.717) is 5.82 Å². The zero-order valence-corrected chi connectivity index (χ0v) is 14.3. The lowest BCUT2D eigenvalue weighted by Crippen LogP contribution is -2.47. The molecule has 4 heterocycles. The third kappa shape index (κ3) is 3.50. The first-order valence-corrected chi connectivity index (χ1v) is 9.00. The Morgan fingerprint density at radius 2 is 1.32 bits per heavy atom. The van der Waals surface area contributed by atoms with E-state index in [0.717, 1.165) is 50.9 Å². The molecule has 2 aromatic heterocycles. The fourth-order valence-corrected chi connectivity index (χ4v) is 3.54. The molecule has 7 heteroatoms. The zero-order valence-electron chi connectivity index (χ0n) is 14.3. The highest BCUT2D eigenvalue weighted by Crippen LogP contribution is 2.22. The Balaban J connectivity index is 1.38. The minimum Gasteiger partial charge on any atom is -0.355 e. The maximum atomic E-state index is 13.9. The van der Waals surface area contributed by atoms with Gasteiger partial charge in [0, 0.05) is 45.5 Å². The normalized spacial score (nSPS) is 18.5. The minimum atomic E-state index is -0.262. The van der Waals surface area contributed by atoms with Crippen molar-refractivity contribution in [2.45, 2.75) is 19.3 Å². The summed E-state index contributed by atoms with van der Waals surface area (Å²) in [7, 11) is 0. The summed E-state index contributed by atoms with van der Waals surface area (Å²) in [4.78, 5) is 10.7. The van der Waals surface area contributed by atoms with E-state index in [-0.39, 0.29) is 5.82 Å². The van der Waals surface area contributed by atoms with E-state index in [1.807, 2.05) is 11.0 Å². The van der Waals surface area contributed by atoms with Gasteiger partial charge in [0.15, 0.2) is 23.3 Å². The second kappa shape index (κ2) is 7.21. The number of hydrogen-bond acceptors (Lipinski definition) is 6. The molecule has 2 aliphatic rings. The van der Waals surface area contributed by atoms with Crippen LogP contribution in [0.1, 0.15) is 19.3 Å². The van der Waals surface area contributed by atoms with Crippen molar-refractivity contribution in [3.8, 4) is 0 Å². The minimum absolute atomic E-state index is 0.262. The van der Waals surface area contributed by atoms with Crippen LogP contribution >= 0.6 is 0 Å². The van der Waals surface area contributed by atoms with Gasteiger partial charge in [0.2, 0.25) is 0 Å². The molecule has 0 saturated carbocycles. The maximum absolute atomic E-state index is 13.9. The number of pyridine rings is 1. The molecular formula is C18H23FN6. The average molecular weight is 342 g/mol. The van der Waals surface area contributed by atoms with Crippen molar-refractivity contribution in [2.24, 2.45) is 0 Å². The van der Waals surface area contributed by atoms with Crippen molar-refractivity contribution >= 4 is 17.5 Å². The summed E-state index contributed by atoms with van der Waals surface area (Å²) in [5, 5.41) is 8.84. The van der Waals surface area contributed by atoms with E-state index in [1.165, 1.54) is 25.3 Å².